The molecule has 2 aromatic rings. The van der Waals surface area contributed by atoms with E-state index in [0.29, 0.717) is 10.2 Å². The lowest BCUT2D eigenvalue weighted by Crippen LogP contribution is -2.35. The molecule has 10 nitrogen and oxygen atoms in total. The van der Waals surface area contributed by atoms with E-state index < -0.39 is 22.7 Å². The zero-order valence-corrected chi connectivity index (χ0v) is 15.8. The first-order valence-corrected chi connectivity index (χ1v) is 8.58. The Morgan fingerprint density at radius 1 is 1.25 bits per heavy atom. The van der Waals surface area contributed by atoms with Gasteiger partial charge in [0.25, 0.3) is 17.5 Å². The number of carboxylic acid groups (broad SMARTS) is 1. The Balaban J connectivity index is 2.27. The predicted molar refractivity (Wildman–Crippen MR) is 100 cm³/mol. The van der Waals surface area contributed by atoms with Crippen molar-refractivity contribution in [1.82, 2.24) is 10.6 Å². The summed E-state index contributed by atoms with van der Waals surface area (Å²) in [6.45, 7) is -0.164. The number of hydrogen-bond acceptors (Lipinski definition) is 6. The summed E-state index contributed by atoms with van der Waals surface area (Å²) in [5.74, 6) is -2.66. The number of carbonyl (C=O) groups excluding carboxylic acids is 2. The molecule has 0 radical (unpaired) electrons. The van der Waals surface area contributed by atoms with E-state index in [1.54, 1.807) is 0 Å². The van der Waals surface area contributed by atoms with Gasteiger partial charge in [-0.2, -0.15) is 0 Å². The van der Waals surface area contributed by atoms with Gasteiger partial charge in [-0.25, -0.2) is 0 Å². The highest BCUT2D eigenvalue weighted by atomic mass is 79.9. The molecule has 0 unspecified atom stereocenters. The minimum atomic E-state index is -1.10. The van der Waals surface area contributed by atoms with E-state index in [1.165, 1.54) is 42.5 Å². The molecule has 0 aliphatic carbocycles. The number of rotatable bonds is 8. The molecule has 0 bridgehead atoms. The molecular formula is C17H14BrN3O7. The van der Waals surface area contributed by atoms with Gasteiger partial charge in [0.05, 0.1) is 11.3 Å². The molecule has 1 heterocycles. The lowest BCUT2D eigenvalue weighted by Gasteiger charge is -2.10. The molecule has 0 atom stereocenters. The van der Waals surface area contributed by atoms with E-state index >= 15 is 0 Å². The van der Waals surface area contributed by atoms with Gasteiger partial charge in [-0.3, -0.25) is 24.5 Å². The number of non-ortho nitro benzene ring substituents is 1. The Labute approximate surface area is 166 Å². The number of nitro benzene ring substituents is 1. The van der Waals surface area contributed by atoms with Crippen molar-refractivity contribution < 1.29 is 28.8 Å². The Kier molecular flexibility index (Phi) is 7.04. The normalized spacial score (nSPS) is 11.0. The lowest BCUT2D eigenvalue weighted by atomic mass is 10.1. The van der Waals surface area contributed by atoms with E-state index in [2.05, 4.69) is 26.6 Å². The summed E-state index contributed by atoms with van der Waals surface area (Å²) in [4.78, 5) is 45.5. The standard InChI is InChI=1S/C17H14BrN3O7/c18-14-5-4-13(28-14)17(25)20-12(16(24)19-7-6-15(22)23)9-10-2-1-3-11(8-10)21(26)27/h1-5,8-9H,6-7H2,(H,19,24)(H,20,25)(H,22,23). The van der Waals surface area contributed by atoms with Crippen molar-refractivity contribution in [3.05, 3.63) is 68.2 Å². The van der Waals surface area contributed by atoms with Crippen LogP contribution < -0.4 is 10.6 Å². The van der Waals surface area contributed by atoms with Crippen molar-refractivity contribution >= 4 is 45.5 Å². The van der Waals surface area contributed by atoms with Gasteiger partial charge in [0.1, 0.15) is 5.70 Å². The fourth-order valence-electron chi connectivity index (χ4n) is 2.05. The molecular weight excluding hydrogens is 438 g/mol. The molecule has 2 amide bonds. The summed E-state index contributed by atoms with van der Waals surface area (Å²) in [5, 5.41) is 24.3. The maximum Gasteiger partial charge on any atom is 0.305 e. The number of carbonyl (C=O) groups is 3. The summed E-state index contributed by atoms with van der Waals surface area (Å²) in [5.41, 5.74) is -0.136. The molecule has 1 aromatic carbocycles. The van der Waals surface area contributed by atoms with Crippen LogP contribution in [0, 0.1) is 10.1 Å². The van der Waals surface area contributed by atoms with E-state index in [0.717, 1.165) is 0 Å². The molecule has 1 aromatic heterocycles. The van der Waals surface area contributed by atoms with Gasteiger partial charge in [-0.15, -0.1) is 0 Å². The third-order valence-electron chi connectivity index (χ3n) is 3.31. The van der Waals surface area contributed by atoms with E-state index in [9.17, 15) is 24.5 Å². The third-order valence-corrected chi connectivity index (χ3v) is 3.73. The number of nitrogens with zero attached hydrogens (tertiary/aromatic N) is 1. The third kappa shape index (κ3) is 6.06. The van der Waals surface area contributed by atoms with Gasteiger partial charge in [0.15, 0.2) is 10.4 Å². The van der Waals surface area contributed by atoms with E-state index in [4.69, 9.17) is 9.52 Å². The fraction of sp³-hybridized carbons (Fsp3) is 0.118. The summed E-state index contributed by atoms with van der Waals surface area (Å²) >= 11 is 3.06. The number of furan rings is 1. The van der Waals surface area contributed by atoms with Crippen LogP contribution in [0.1, 0.15) is 22.5 Å². The maximum absolute atomic E-state index is 12.4. The van der Waals surface area contributed by atoms with Crippen LogP contribution in [-0.4, -0.2) is 34.4 Å². The number of nitro groups is 1. The Morgan fingerprint density at radius 2 is 2.00 bits per heavy atom. The Hall–Kier alpha value is -3.47. The lowest BCUT2D eigenvalue weighted by molar-refractivity contribution is -0.384. The number of amides is 2. The smallest absolute Gasteiger partial charge is 0.305 e. The van der Waals surface area contributed by atoms with Crippen LogP contribution in [-0.2, 0) is 9.59 Å². The highest BCUT2D eigenvalue weighted by molar-refractivity contribution is 9.10. The molecule has 3 N–H and O–H groups in total. The fourth-order valence-corrected chi connectivity index (χ4v) is 2.36. The number of aliphatic carboxylic acids is 1. The minimum absolute atomic E-state index is 0.0739. The van der Waals surface area contributed by atoms with E-state index in [1.807, 2.05) is 0 Å². The van der Waals surface area contributed by atoms with Gasteiger partial charge in [0.2, 0.25) is 0 Å². The first kappa shape index (κ1) is 20.8. The van der Waals surface area contributed by atoms with Gasteiger partial charge in [-0.05, 0) is 39.7 Å². The second-order valence-corrected chi connectivity index (χ2v) is 6.15. The van der Waals surface area contributed by atoms with Crippen molar-refractivity contribution in [2.45, 2.75) is 6.42 Å². The zero-order chi connectivity index (χ0) is 20.7. The number of benzene rings is 1. The van der Waals surface area contributed by atoms with Gasteiger partial charge < -0.3 is 20.2 Å². The summed E-state index contributed by atoms with van der Waals surface area (Å²) in [6.07, 6.45) is 0.924. The van der Waals surface area contributed by atoms with Crippen LogP contribution in [0.25, 0.3) is 6.08 Å². The molecule has 0 aliphatic rings. The number of carboxylic acids is 1. The highest BCUT2D eigenvalue weighted by Gasteiger charge is 2.17. The van der Waals surface area contributed by atoms with Gasteiger partial charge in [-0.1, -0.05) is 12.1 Å². The second kappa shape index (κ2) is 9.46. The predicted octanol–water partition coefficient (Wildman–Crippen LogP) is 2.31. The summed E-state index contributed by atoms with van der Waals surface area (Å²) < 4.78 is 5.43. The first-order chi connectivity index (χ1) is 13.3. The molecule has 28 heavy (non-hydrogen) atoms. The summed E-state index contributed by atoms with van der Waals surface area (Å²) in [7, 11) is 0. The van der Waals surface area contributed by atoms with Crippen LogP contribution >= 0.6 is 15.9 Å². The quantitative estimate of drug-likeness (QED) is 0.316. The molecule has 0 spiro atoms. The monoisotopic (exact) mass is 451 g/mol. The molecule has 0 fully saturated rings. The maximum atomic E-state index is 12.4. The Morgan fingerprint density at radius 3 is 2.61 bits per heavy atom. The largest absolute Gasteiger partial charge is 0.481 e. The average Bonchev–Trinajstić information content (AvgIpc) is 3.07. The first-order valence-electron chi connectivity index (χ1n) is 7.79. The van der Waals surface area contributed by atoms with Crippen molar-refractivity contribution in [2.24, 2.45) is 0 Å². The topological polar surface area (TPSA) is 152 Å². The zero-order valence-electron chi connectivity index (χ0n) is 14.2. The average molecular weight is 452 g/mol. The van der Waals surface area contributed by atoms with Crippen LogP contribution in [0.3, 0.4) is 0 Å². The SMILES string of the molecule is O=C(O)CCNC(=O)C(=Cc1cccc([N+](=O)[O-])c1)NC(=O)c1ccc(Br)o1. The molecule has 0 aliphatic heterocycles. The van der Waals surface area contributed by atoms with Crippen molar-refractivity contribution in [1.29, 1.82) is 0 Å². The summed E-state index contributed by atoms with van der Waals surface area (Å²) in [6, 6.07) is 8.31. The highest BCUT2D eigenvalue weighted by Crippen LogP contribution is 2.17. The molecule has 2 rings (SSSR count). The minimum Gasteiger partial charge on any atom is -0.481 e. The molecule has 0 saturated carbocycles. The van der Waals surface area contributed by atoms with Crippen LogP contribution in [0.5, 0.6) is 0 Å². The number of halogens is 1. The number of nitrogens with one attached hydrogen (secondary N) is 2. The number of hydrogen-bond donors (Lipinski definition) is 3. The molecule has 11 heteroatoms. The van der Waals surface area contributed by atoms with Crippen molar-refractivity contribution in [2.75, 3.05) is 6.54 Å². The van der Waals surface area contributed by atoms with Crippen molar-refractivity contribution in [3.63, 3.8) is 0 Å². The molecule has 0 saturated heterocycles. The van der Waals surface area contributed by atoms with Crippen LogP contribution in [0.15, 0.2) is 51.2 Å². The van der Waals surface area contributed by atoms with Gasteiger partial charge in [0, 0.05) is 18.7 Å². The van der Waals surface area contributed by atoms with Crippen LogP contribution in [0.4, 0.5) is 5.69 Å². The van der Waals surface area contributed by atoms with Gasteiger partial charge >= 0.3 is 5.97 Å². The Bertz CT molecular complexity index is 952. The van der Waals surface area contributed by atoms with Crippen LogP contribution in [0.2, 0.25) is 0 Å². The van der Waals surface area contributed by atoms with E-state index in [-0.39, 0.29) is 30.1 Å². The van der Waals surface area contributed by atoms with Crippen molar-refractivity contribution in [3.8, 4) is 0 Å². The molecule has 146 valence electrons. The second-order valence-electron chi connectivity index (χ2n) is 5.37.